The van der Waals surface area contributed by atoms with Gasteiger partial charge in [0.05, 0.1) is 0 Å². The van der Waals surface area contributed by atoms with E-state index in [0.717, 1.165) is 5.57 Å². The summed E-state index contributed by atoms with van der Waals surface area (Å²) in [5, 5.41) is 0. The number of esters is 1. The molecule has 0 aliphatic carbocycles. The fourth-order valence-electron chi connectivity index (χ4n) is 1.23. The molecule has 92 valence electrons. The highest BCUT2D eigenvalue weighted by atomic mass is 16.5. The van der Waals surface area contributed by atoms with E-state index in [9.17, 15) is 4.79 Å². The molecule has 1 rings (SSSR count). The number of rotatable bonds is 5. The van der Waals surface area contributed by atoms with Crippen LogP contribution in [0, 0.1) is 0 Å². The number of carbonyl (C=O) groups is 1. The summed E-state index contributed by atoms with van der Waals surface area (Å²) in [5.41, 5.74) is 0.917. The van der Waals surface area contributed by atoms with Gasteiger partial charge in [-0.25, -0.2) is 4.79 Å². The Balaban J connectivity index is 2.59. The lowest BCUT2D eigenvalue weighted by Gasteiger charge is -1.99. The number of benzene rings is 1. The molecule has 0 fully saturated rings. The average Bonchev–Trinajstić information content (AvgIpc) is 2.40. The van der Waals surface area contributed by atoms with Gasteiger partial charge in [-0.2, -0.15) is 0 Å². The highest BCUT2D eigenvalue weighted by molar-refractivity contribution is 5.84. The van der Waals surface area contributed by atoms with Crippen LogP contribution >= 0.6 is 0 Å². The third kappa shape index (κ3) is 5.12. The maximum atomic E-state index is 11.5. The Morgan fingerprint density at radius 3 is 2.50 bits per heavy atom. The minimum absolute atomic E-state index is 0.396. The molecule has 0 amide bonds. The smallest absolute Gasteiger partial charge is 0.336 e. The third-order valence-electron chi connectivity index (χ3n) is 2.13. The Morgan fingerprint density at radius 1 is 1.17 bits per heavy atom. The van der Waals surface area contributed by atoms with Crippen molar-refractivity contribution in [2.24, 2.45) is 0 Å². The van der Waals surface area contributed by atoms with E-state index in [0.29, 0.717) is 5.75 Å². The minimum atomic E-state index is -0.396. The molecule has 0 heterocycles. The van der Waals surface area contributed by atoms with E-state index in [-0.39, 0.29) is 0 Å². The molecule has 0 aliphatic heterocycles. The van der Waals surface area contributed by atoms with Gasteiger partial charge in [-0.1, -0.05) is 49.1 Å². The van der Waals surface area contributed by atoms with Gasteiger partial charge < -0.3 is 4.74 Å². The first-order valence-corrected chi connectivity index (χ1v) is 5.66. The highest BCUT2D eigenvalue weighted by Gasteiger charge is 1.98. The van der Waals surface area contributed by atoms with Crippen molar-refractivity contribution < 1.29 is 9.53 Å². The van der Waals surface area contributed by atoms with E-state index in [1.165, 1.54) is 6.08 Å². The lowest BCUT2D eigenvalue weighted by Crippen LogP contribution is -2.03. The summed E-state index contributed by atoms with van der Waals surface area (Å²) in [6.45, 7) is 5.49. The van der Waals surface area contributed by atoms with Crippen molar-refractivity contribution in [3.05, 3.63) is 78.9 Å². The van der Waals surface area contributed by atoms with Crippen LogP contribution in [0.2, 0.25) is 0 Å². The van der Waals surface area contributed by atoms with Gasteiger partial charge in [-0.15, -0.1) is 0 Å². The predicted molar refractivity (Wildman–Crippen MR) is 74.3 cm³/mol. The summed E-state index contributed by atoms with van der Waals surface area (Å²) < 4.78 is 5.12. The fourth-order valence-corrected chi connectivity index (χ4v) is 1.23. The Morgan fingerprint density at radius 2 is 1.89 bits per heavy atom. The number of hydrogen-bond acceptors (Lipinski definition) is 2. The molecule has 2 nitrogen and oxygen atoms in total. The SMILES string of the molecule is C=C\C=C/C(/C=C/C(=O)Oc1ccccc1)=C\C. The molecular weight excluding hydrogens is 224 g/mol. The Hall–Kier alpha value is -2.35. The molecule has 0 unspecified atom stereocenters. The average molecular weight is 240 g/mol. The first-order valence-electron chi connectivity index (χ1n) is 5.66. The molecule has 1 aromatic rings. The van der Waals surface area contributed by atoms with Crippen molar-refractivity contribution in [1.82, 2.24) is 0 Å². The van der Waals surface area contributed by atoms with Gasteiger partial charge in [0.2, 0.25) is 0 Å². The van der Waals surface area contributed by atoms with E-state index < -0.39 is 5.97 Å². The van der Waals surface area contributed by atoms with Gasteiger partial charge in [0.1, 0.15) is 5.75 Å². The van der Waals surface area contributed by atoms with E-state index in [2.05, 4.69) is 6.58 Å². The van der Waals surface area contributed by atoms with Crippen molar-refractivity contribution in [2.75, 3.05) is 0 Å². The molecule has 0 aliphatic rings. The molecule has 0 saturated heterocycles. The molecule has 0 bridgehead atoms. The summed E-state index contributed by atoms with van der Waals surface area (Å²) in [4.78, 5) is 11.5. The van der Waals surface area contributed by atoms with Gasteiger partial charge in [0, 0.05) is 6.08 Å². The summed E-state index contributed by atoms with van der Waals surface area (Å²) in [6, 6.07) is 8.97. The van der Waals surface area contributed by atoms with Gasteiger partial charge >= 0.3 is 5.97 Å². The molecular formula is C16H16O2. The summed E-state index contributed by atoms with van der Waals surface area (Å²) in [7, 11) is 0. The van der Waals surface area contributed by atoms with Gasteiger partial charge in [-0.3, -0.25) is 0 Å². The molecule has 0 aromatic heterocycles. The Bertz CT molecular complexity index is 479. The zero-order valence-electron chi connectivity index (χ0n) is 10.4. The van der Waals surface area contributed by atoms with E-state index in [4.69, 9.17) is 4.74 Å². The number of allylic oxidation sites excluding steroid dienone is 6. The first kappa shape index (κ1) is 13.7. The monoisotopic (exact) mass is 240 g/mol. The number of carbonyl (C=O) groups excluding carboxylic acids is 1. The molecule has 0 radical (unpaired) electrons. The normalized spacial score (nSPS) is 11.9. The predicted octanol–water partition coefficient (Wildman–Crippen LogP) is 3.84. The maximum absolute atomic E-state index is 11.5. The summed E-state index contributed by atoms with van der Waals surface area (Å²) >= 11 is 0. The van der Waals surface area contributed by atoms with Crippen LogP contribution in [0.3, 0.4) is 0 Å². The molecule has 2 heteroatoms. The van der Waals surface area contributed by atoms with E-state index in [1.54, 1.807) is 24.3 Å². The van der Waals surface area contributed by atoms with Crippen LogP contribution < -0.4 is 4.74 Å². The molecule has 18 heavy (non-hydrogen) atoms. The van der Waals surface area contributed by atoms with Crippen LogP contribution in [0.1, 0.15) is 6.92 Å². The van der Waals surface area contributed by atoms with Crippen molar-refractivity contribution in [1.29, 1.82) is 0 Å². The largest absolute Gasteiger partial charge is 0.423 e. The standard InChI is InChI=1S/C16H16O2/c1-3-5-9-14(4-2)12-13-16(17)18-15-10-7-6-8-11-15/h3-13H,1H2,2H3/b9-5-,13-12+,14-4+. The van der Waals surface area contributed by atoms with Gasteiger partial charge in [0.15, 0.2) is 0 Å². The Labute approximate surface area is 108 Å². The van der Waals surface area contributed by atoms with Crippen LogP contribution in [0.25, 0.3) is 0 Å². The molecule has 0 saturated carbocycles. The maximum Gasteiger partial charge on any atom is 0.336 e. The molecule has 0 atom stereocenters. The Kier molecular flexibility index (Phi) is 5.98. The van der Waals surface area contributed by atoms with Crippen LogP contribution in [0.4, 0.5) is 0 Å². The number of ether oxygens (including phenoxy) is 1. The van der Waals surface area contributed by atoms with Gasteiger partial charge in [0.25, 0.3) is 0 Å². The topological polar surface area (TPSA) is 26.3 Å². The van der Waals surface area contributed by atoms with Crippen molar-refractivity contribution >= 4 is 5.97 Å². The highest BCUT2D eigenvalue weighted by Crippen LogP contribution is 2.09. The van der Waals surface area contributed by atoms with E-state index >= 15 is 0 Å². The lowest BCUT2D eigenvalue weighted by molar-refractivity contribution is -0.128. The van der Waals surface area contributed by atoms with Crippen molar-refractivity contribution in [3.63, 3.8) is 0 Å². The van der Waals surface area contributed by atoms with Crippen molar-refractivity contribution in [3.8, 4) is 5.75 Å². The number of hydrogen-bond donors (Lipinski definition) is 0. The second kappa shape index (κ2) is 7.85. The molecule has 0 N–H and O–H groups in total. The molecule has 0 spiro atoms. The minimum Gasteiger partial charge on any atom is -0.423 e. The summed E-state index contributed by atoms with van der Waals surface area (Å²) in [5.74, 6) is 0.142. The van der Waals surface area contributed by atoms with Crippen LogP contribution in [0.15, 0.2) is 78.9 Å². The van der Waals surface area contributed by atoms with Crippen molar-refractivity contribution in [2.45, 2.75) is 6.92 Å². The van der Waals surface area contributed by atoms with Crippen LogP contribution in [-0.2, 0) is 4.79 Å². The zero-order chi connectivity index (χ0) is 13.2. The lowest BCUT2D eigenvalue weighted by atomic mass is 10.2. The van der Waals surface area contributed by atoms with Gasteiger partial charge in [-0.05, 0) is 30.7 Å². The fraction of sp³-hybridized carbons (Fsp3) is 0.0625. The zero-order valence-corrected chi connectivity index (χ0v) is 10.4. The molecule has 1 aromatic carbocycles. The first-order chi connectivity index (χ1) is 8.76. The second-order valence-corrected chi connectivity index (χ2v) is 3.45. The second-order valence-electron chi connectivity index (χ2n) is 3.45. The quantitative estimate of drug-likeness (QED) is 0.338. The van der Waals surface area contributed by atoms with Crippen LogP contribution in [-0.4, -0.2) is 5.97 Å². The number of para-hydroxylation sites is 1. The van der Waals surface area contributed by atoms with Crippen LogP contribution in [0.5, 0.6) is 5.75 Å². The van der Waals surface area contributed by atoms with E-state index in [1.807, 2.05) is 43.4 Å². The summed E-state index contributed by atoms with van der Waals surface area (Å²) in [6.07, 6.45) is 10.3. The third-order valence-corrected chi connectivity index (χ3v) is 2.13.